The van der Waals surface area contributed by atoms with Crippen LogP contribution in [0.1, 0.15) is 16.9 Å². The quantitative estimate of drug-likeness (QED) is 0.784. The van der Waals surface area contributed by atoms with Crippen LogP contribution in [0.4, 0.5) is 0 Å². The third kappa shape index (κ3) is 3.73. The van der Waals surface area contributed by atoms with Gasteiger partial charge in [0.05, 0.1) is 26.0 Å². The number of carbonyl (C=O) groups is 2. The van der Waals surface area contributed by atoms with Gasteiger partial charge in [0.25, 0.3) is 5.91 Å². The van der Waals surface area contributed by atoms with E-state index in [1.165, 1.54) is 0 Å². The first-order chi connectivity index (χ1) is 13.6. The van der Waals surface area contributed by atoms with Gasteiger partial charge in [0, 0.05) is 39.0 Å². The summed E-state index contributed by atoms with van der Waals surface area (Å²) in [6.45, 7) is 2.52. The maximum atomic E-state index is 13.2. The fourth-order valence-corrected chi connectivity index (χ4v) is 3.78. The summed E-state index contributed by atoms with van der Waals surface area (Å²) in [5.41, 5.74) is 0.557. The number of carbonyl (C=O) groups excluding carboxylic acids is 2. The van der Waals surface area contributed by atoms with Crippen LogP contribution < -0.4 is 4.74 Å². The van der Waals surface area contributed by atoms with Crippen molar-refractivity contribution in [3.8, 4) is 5.75 Å². The van der Waals surface area contributed by atoms with Crippen molar-refractivity contribution in [2.75, 3.05) is 32.8 Å². The first-order valence-electron chi connectivity index (χ1n) is 9.49. The second kappa shape index (κ2) is 8.02. The average molecular weight is 384 g/mol. The maximum absolute atomic E-state index is 13.2. The van der Waals surface area contributed by atoms with Crippen molar-refractivity contribution in [1.82, 2.24) is 19.4 Å². The molecule has 2 aliphatic rings. The molecule has 28 heavy (non-hydrogen) atoms. The number of amides is 2. The molecule has 0 N–H and O–H groups in total. The number of rotatable bonds is 4. The summed E-state index contributed by atoms with van der Waals surface area (Å²) in [6, 6.07) is 6.68. The number of morpholine rings is 1. The highest BCUT2D eigenvalue weighted by Crippen LogP contribution is 2.26. The van der Waals surface area contributed by atoms with E-state index in [2.05, 4.69) is 4.98 Å². The SMILES string of the molecule is Cn1cccc1C(=O)N1C[C@@H](Oc2cccnc2)C[C@H]1C(=O)N1CCOCC1. The summed E-state index contributed by atoms with van der Waals surface area (Å²) in [5, 5.41) is 0. The molecule has 4 heterocycles. The van der Waals surface area contributed by atoms with Crippen LogP contribution in [0.25, 0.3) is 0 Å². The average Bonchev–Trinajstić information content (AvgIpc) is 3.35. The number of pyridine rings is 1. The molecule has 8 nitrogen and oxygen atoms in total. The van der Waals surface area contributed by atoms with Gasteiger partial charge in [-0.25, -0.2) is 0 Å². The highest BCUT2D eigenvalue weighted by Gasteiger charge is 2.43. The number of likely N-dealkylation sites (tertiary alicyclic amines) is 1. The highest BCUT2D eigenvalue weighted by molar-refractivity contribution is 5.97. The molecule has 0 bridgehead atoms. The van der Waals surface area contributed by atoms with E-state index >= 15 is 0 Å². The lowest BCUT2D eigenvalue weighted by atomic mass is 10.1. The van der Waals surface area contributed by atoms with Gasteiger partial charge >= 0.3 is 0 Å². The van der Waals surface area contributed by atoms with E-state index in [1.807, 2.05) is 25.4 Å². The first kappa shape index (κ1) is 18.5. The lowest BCUT2D eigenvalue weighted by molar-refractivity contribution is -0.139. The minimum atomic E-state index is -0.540. The second-order valence-electron chi connectivity index (χ2n) is 7.08. The summed E-state index contributed by atoms with van der Waals surface area (Å²) in [7, 11) is 1.83. The molecule has 0 saturated carbocycles. The first-order valence-corrected chi connectivity index (χ1v) is 9.49. The molecule has 0 aliphatic carbocycles. The van der Waals surface area contributed by atoms with E-state index in [0.29, 0.717) is 50.7 Å². The van der Waals surface area contributed by atoms with Gasteiger partial charge in [-0.15, -0.1) is 0 Å². The van der Waals surface area contributed by atoms with Crippen LogP contribution in [-0.2, 0) is 16.6 Å². The molecule has 2 amide bonds. The van der Waals surface area contributed by atoms with Crippen molar-refractivity contribution in [3.05, 3.63) is 48.5 Å². The summed E-state index contributed by atoms with van der Waals surface area (Å²) < 4.78 is 13.1. The van der Waals surface area contributed by atoms with E-state index in [9.17, 15) is 9.59 Å². The Morgan fingerprint density at radius 2 is 2.04 bits per heavy atom. The molecule has 0 unspecified atom stereocenters. The monoisotopic (exact) mass is 384 g/mol. The van der Waals surface area contributed by atoms with E-state index in [4.69, 9.17) is 9.47 Å². The molecule has 4 rings (SSSR count). The molecular formula is C20H24N4O4. The minimum Gasteiger partial charge on any atom is -0.487 e. The number of aromatic nitrogens is 2. The zero-order chi connectivity index (χ0) is 19.5. The van der Waals surface area contributed by atoms with Gasteiger partial charge in [0.15, 0.2) is 0 Å². The topological polar surface area (TPSA) is 76.9 Å². The Balaban J connectivity index is 1.55. The van der Waals surface area contributed by atoms with Crippen LogP contribution in [0, 0.1) is 0 Å². The van der Waals surface area contributed by atoms with E-state index < -0.39 is 6.04 Å². The Labute approximate surface area is 163 Å². The third-order valence-corrected chi connectivity index (χ3v) is 5.23. The van der Waals surface area contributed by atoms with Gasteiger partial charge < -0.3 is 23.8 Å². The lowest BCUT2D eigenvalue weighted by Gasteiger charge is -2.32. The summed E-state index contributed by atoms with van der Waals surface area (Å²) in [6.07, 6.45) is 5.34. The fraction of sp³-hybridized carbons (Fsp3) is 0.450. The Morgan fingerprint density at radius 3 is 2.71 bits per heavy atom. The number of ether oxygens (including phenoxy) is 2. The second-order valence-corrected chi connectivity index (χ2v) is 7.08. The van der Waals surface area contributed by atoms with Gasteiger partial charge in [-0.05, 0) is 24.3 Å². The van der Waals surface area contributed by atoms with Crippen molar-refractivity contribution < 1.29 is 19.1 Å². The normalized spacial score (nSPS) is 22.3. The molecule has 8 heteroatoms. The number of hydrogen-bond donors (Lipinski definition) is 0. The molecule has 0 aromatic carbocycles. The predicted octanol–water partition coefficient (Wildman–Crippen LogP) is 0.941. The van der Waals surface area contributed by atoms with Crippen LogP contribution in [0.5, 0.6) is 5.75 Å². The minimum absolute atomic E-state index is 0.0388. The highest BCUT2D eigenvalue weighted by atomic mass is 16.5. The smallest absolute Gasteiger partial charge is 0.271 e. The van der Waals surface area contributed by atoms with Crippen molar-refractivity contribution in [2.45, 2.75) is 18.6 Å². The van der Waals surface area contributed by atoms with Crippen LogP contribution in [0.3, 0.4) is 0 Å². The molecule has 2 fully saturated rings. The van der Waals surface area contributed by atoms with Crippen LogP contribution >= 0.6 is 0 Å². The van der Waals surface area contributed by atoms with Crippen molar-refractivity contribution >= 4 is 11.8 Å². The van der Waals surface area contributed by atoms with Gasteiger partial charge in [-0.3, -0.25) is 14.6 Å². The molecule has 2 aromatic rings. The zero-order valence-corrected chi connectivity index (χ0v) is 15.9. The molecule has 2 aromatic heterocycles. The molecular weight excluding hydrogens is 360 g/mol. The Morgan fingerprint density at radius 1 is 1.21 bits per heavy atom. The molecule has 2 atom stereocenters. The zero-order valence-electron chi connectivity index (χ0n) is 15.9. The van der Waals surface area contributed by atoms with Crippen molar-refractivity contribution in [2.24, 2.45) is 7.05 Å². The van der Waals surface area contributed by atoms with Gasteiger partial charge in [-0.1, -0.05) is 0 Å². The lowest BCUT2D eigenvalue weighted by Crippen LogP contribution is -2.51. The Kier molecular flexibility index (Phi) is 5.29. The summed E-state index contributed by atoms with van der Waals surface area (Å²) >= 11 is 0. The van der Waals surface area contributed by atoms with Gasteiger partial charge in [0.2, 0.25) is 5.91 Å². The summed E-state index contributed by atoms with van der Waals surface area (Å²) in [4.78, 5) is 33.8. The maximum Gasteiger partial charge on any atom is 0.271 e. The Hall–Kier alpha value is -2.87. The number of hydrogen-bond acceptors (Lipinski definition) is 5. The predicted molar refractivity (Wildman–Crippen MR) is 101 cm³/mol. The van der Waals surface area contributed by atoms with Crippen molar-refractivity contribution in [3.63, 3.8) is 0 Å². The molecule has 2 saturated heterocycles. The third-order valence-electron chi connectivity index (χ3n) is 5.23. The largest absolute Gasteiger partial charge is 0.487 e. The Bertz CT molecular complexity index is 832. The molecule has 0 spiro atoms. The molecule has 0 radical (unpaired) electrons. The summed E-state index contributed by atoms with van der Waals surface area (Å²) in [5.74, 6) is 0.442. The molecule has 148 valence electrons. The molecule has 2 aliphatic heterocycles. The van der Waals surface area contributed by atoms with E-state index in [0.717, 1.165) is 0 Å². The van der Waals surface area contributed by atoms with Crippen LogP contribution in [-0.4, -0.2) is 76.2 Å². The number of aryl methyl sites for hydroxylation is 1. The van der Waals surface area contributed by atoms with Gasteiger partial charge in [-0.2, -0.15) is 0 Å². The van der Waals surface area contributed by atoms with Gasteiger partial charge in [0.1, 0.15) is 23.6 Å². The van der Waals surface area contributed by atoms with E-state index in [-0.39, 0.29) is 17.9 Å². The van der Waals surface area contributed by atoms with Crippen LogP contribution in [0.15, 0.2) is 42.9 Å². The van der Waals surface area contributed by atoms with Crippen LogP contribution in [0.2, 0.25) is 0 Å². The van der Waals surface area contributed by atoms with E-state index in [1.54, 1.807) is 38.9 Å². The fourth-order valence-electron chi connectivity index (χ4n) is 3.78. The standard InChI is InChI=1S/C20H24N4O4/c1-22-7-3-5-17(22)20(26)24-14-16(28-15-4-2-6-21-13-15)12-18(24)19(25)23-8-10-27-11-9-23/h2-7,13,16,18H,8-12,14H2,1H3/t16-,18-/m0/s1. The van der Waals surface area contributed by atoms with Crippen molar-refractivity contribution in [1.29, 1.82) is 0 Å². The number of nitrogens with zero attached hydrogens (tertiary/aromatic N) is 4.